The number of nitrogens with one attached hydrogen (secondary N) is 1. The lowest BCUT2D eigenvalue weighted by Crippen LogP contribution is -2.19. The lowest BCUT2D eigenvalue weighted by atomic mass is 10.2. The summed E-state index contributed by atoms with van der Waals surface area (Å²) in [5.74, 6) is -0.515. The van der Waals surface area contributed by atoms with Gasteiger partial charge in [0.15, 0.2) is 5.69 Å². The fourth-order valence-corrected chi connectivity index (χ4v) is 2.46. The predicted molar refractivity (Wildman–Crippen MR) is 88.6 cm³/mol. The zero-order valence-electron chi connectivity index (χ0n) is 13.2. The number of carbonyl (C=O) groups excluding carboxylic acids is 1. The van der Waals surface area contributed by atoms with Crippen molar-refractivity contribution >= 4 is 23.2 Å². The van der Waals surface area contributed by atoms with Gasteiger partial charge < -0.3 is 5.32 Å². The minimum Gasteiger partial charge on any atom is -0.322 e. The Hall–Kier alpha value is -2.81. The first-order valence-electron chi connectivity index (χ1n) is 7.47. The van der Waals surface area contributed by atoms with Gasteiger partial charge in [0.05, 0.1) is 18.4 Å². The van der Waals surface area contributed by atoms with Crippen molar-refractivity contribution < 1.29 is 18.0 Å². The average molecular weight is 384 g/mol. The van der Waals surface area contributed by atoms with Gasteiger partial charge in [0.2, 0.25) is 5.91 Å². The second-order valence-electron chi connectivity index (χ2n) is 5.46. The summed E-state index contributed by atoms with van der Waals surface area (Å²) in [4.78, 5) is 12.0. The zero-order chi connectivity index (χ0) is 18.7. The van der Waals surface area contributed by atoms with Crippen LogP contribution in [0.4, 0.5) is 18.9 Å². The molecule has 1 N–H and O–H groups in total. The van der Waals surface area contributed by atoms with Crippen molar-refractivity contribution in [1.29, 1.82) is 0 Å². The summed E-state index contributed by atoms with van der Waals surface area (Å²) in [5, 5.41) is 10.6. The smallest absolute Gasteiger partial charge is 0.322 e. The summed E-state index contributed by atoms with van der Waals surface area (Å²) in [6, 6.07) is 8.11. The Morgan fingerprint density at radius 2 is 1.96 bits per heavy atom. The van der Waals surface area contributed by atoms with Crippen LogP contribution in [0.5, 0.6) is 0 Å². The summed E-state index contributed by atoms with van der Waals surface area (Å²) >= 11 is 6.09. The largest absolute Gasteiger partial charge is 0.435 e. The number of nitrogens with zero attached hydrogens (tertiary/aromatic N) is 4. The molecule has 0 radical (unpaired) electrons. The van der Waals surface area contributed by atoms with Gasteiger partial charge in [-0.15, -0.1) is 0 Å². The van der Waals surface area contributed by atoms with E-state index in [1.54, 1.807) is 16.9 Å². The maximum absolute atomic E-state index is 12.5. The van der Waals surface area contributed by atoms with Crippen molar-refractivity contribution in [3.8, 4) is 0 Å². The summed E-state index contributed by atoms with van der Waals surface area (Å²) in [6.07, 6.45) is -0.394. The van der Waals surface area contributed by atoms with Crippen molar-refractivity contribution in [2.75, 3.05) is 5.32 Å². The molecule has 0 bridgehead atoms. The van der Waals surface area contributed by atoms with Crippen molar-refractivity contribution in [3.05, 3.63) is 65.2 Å². The van der Waals surface area contributed by atoms with E-state index in [4.69, 9.17) is 11.6 Å². The molecule has 1 aromatic carbocycles. The Morgan fingerprint density at radius 3 is 2.65 bits per heavy atom. The van der Waals surface area contributed by atoms with E-state index in [1.807, 2.05) is 18.2 Å². The Morgan fingerprint density at radius 1 is 1.19 bits per heavy atom. The second-order valence-corrected chi connectivity index (χ2v) is 5.87. The third-order valence-electron chi connectivity index (χ3n) is 3.44. The lowest BCUT2D eigenvalue weighted by molar-refractivity contribution is -0.141. The van der Waals surface area contributed by atoms with Crippen LogP contribution in [0.15, 0.2) is 48.9 Å². The normalized spacial score (nSPS) is 11.5. The van der Waals surface area contributed by atoms with Gasteiger partial charge in [0, 0.05) is 17.4 Å². The number of anilines is 1. The van der Waals surface area contributed by atoms with Gasteiger partial charge in [-0.2, -0.15) is 23.4 Å². The first kappa shape index (κ1) is 18.0. The number of aromatic nitrogens is 4. The summed E-state index contributed by atoms with van der Waals surface area (Å²) in [6.45, 7) is 0.0788. The molecular weight excluding hydrogens is 371 g/mol. The molecule has 10 heteroatoms. The molecule has 2 heterocycles. The highest BCUT2D eigenvalue weighted by molar-refractivity contribution is 6.31. The molecule has 2 aromatic heterocycles. The second kappa shape index (κ2) is 7.20. The van der Waals surface area contributed by atoms with Crippen LogP contribution >= 0.6 is 11.6 Å². The lowest BCUT2D eigenvalue weighted by Gasteiger charge is -2.05. The quantitative estimate of drug-likeness (QED) is 0.734. The third-order valence-corrected chi connectivity index (χ3v) is 3.81. The van der Waals surface area contributed by atoms with E-state index < -0.39 is 17.8 Å². The molecule has 0 saturated heterocycles. The van der Waals surface area contributed by atoms with Crippen LogP contribution < -0.4 is 5.32 Å². The van der Waals surface area contributed by atoms with Crippen LogP contribution in [0.1, 0.15) is 11.3 Å². The number of benzene rings is 1. The number of amides is 1. The van der Waals surface area contributed by atoms with E-state index in [0.717, 1.165) is 22.5 Å². The Bertz CT molecular complexity index is 919. The summed E-state index contributed by atoms with van der Waals surface area (Å²) in [5.41, 5.74) is 0.245. The average Bonchev–Trinajstić information content (AvgIpc) is 3.19. The fraction of sp³-hybridized carbons (Fsp3) is 0.188. The molecule has 0 atom stereocenters. The predicted octanol–water partition coefficient (Wildman–Crippen LogP) is 3.44. The zero-order valence-corrected chi connectivity index (χ0v) is 14.0. The van der Waals surface area contributed by atoms with Crippen molar-refractivity contribution in [2.24, 2.45) is 0 Å². The molecular formula is C16H13ClF3N5O. The maximum atomic E-state index is 12.5. The number of hydrogen-bond donors (Lipinski definition) is 1. The Balaban J connectivity index is 1.59. The van der Waals surface area contributed by atoms with Crippen molar-refractivity contribution in [1.82, 2.24) is 19.6 Å². The van der Waals surface area contributed by atoms with E-state index in [1.165, 1.54) is 6.20 Å². The van der Waals surface area contributed by atoms with E-state index in [-0.39, 0.29) is 6.54 Å². The first-order chi connectivity index (χ1) is 12.3. The molecule has 1 amide bonds. The number of rotatable bonds is 5. The SMILES string of the molecule is O=C(Cn1ccc(C(F)(F)F)n1)Nc1cnn(Cc2ccccc2Cl)c1. The molecule has 3 aromatic rings. The standard InChI is InChI=1S/C16H13ClF3N5O/c17-13-4-2-1-3-11(13)8-25-9-12(7-21-25)22-15(26)10-24-6-5-14(23-24)16(18,19)20/h1-7,9H,8,10H2,(H,22,26). The van der Waals surface area contributed by atoms with Gasteiger partial charge in [-0.1, -0.05) is 29.8 Å². The van der Waals surface area contributed by atoms with E-state index in [2.05, 4.69) is 15.5 Å². The molecule has 26 heavy (non-hydrogen) atoms. The molecule has 0 aliphatic heterocycles. The molecule has 0 aliphatic rings. The van der Waals surface area contributed by atoms with Crippen LogP contribution in [-0.4, -0.2) is 25.5 Å². The van der Waals surface area contributed by atoms with Crippen LogP contribution in [0, 0.1) is 0 Å². The van der Waals surface area contributed by atoms with E-state index in [9.17, 15) is 18.0 Å². The molecule has 0 fully saturated rings. The monoisotopic (exact) mass is 383 g/mol. The highest BCUT2D eigenvalue weighted by Crippen LogP contribution is 2.27. The molecule has 0 aliphatic carbocycles. The Labute approximate surface area is 151 Å². The van der Waals surface area contributed by atoms with Gasteiger partial charge >= 0.3 is 6.18 Å². The van der Waals surface area contributed by atoms with Gasteiger partial charge in [0.1, 0.15) is 6.54 Å². The number of carbonyl (C=O) groups is 1. The van der Waals surface area contributed by atoms with Crippen LogP contribution in [0.3, 0.4) is 0 Å². The third kappa shape index (κ3) is 4.42. The number of hydrogen-bond acceptors (Lipinski definition) is 3. The molecule has 3 rings (SSSR count). The van der Waals surface area contributed by atoms with Crippen molar-refractivity contribution in [3.63, 3.8) is 0 Å². The Kier molecular flexibility index (Phi) is 4.99. The van der Waals surface area contributed by atoms with Crippen LogP contribution in [0.2, 0.25) is 5.02 Å². The molecule has 6 nitrogen and oxygen atoms in total. The minimum absolute atomic E-state index is 0.341. The first-order valence-corrected chi connectivity index (χ1v) is 7.85. The summed E-state index contributed by atoms with van der Waals surface area (Å²) in [7, 11) is 0. The van der Waals surface area contributed by atoms with Crippen LogP contribution in [0.25, 0.3) is 0 Å². The molecule has 0 saturated carbocycles. The minimum atomic E-state index is -4.54. The highest BCUT2D eigenvalue weighted by Gasteiger charge is 2.33. The van der Waals surface area contributed by atoms with E-state index >= 15 is 0 Å². The highest BCUT2D eigenvalue weighted by atomic mass is 35.5. The van der Waals surface area contributed by atoms with Gasteiger partial charge in [-0.05, 0) is 17.7 Å². The van der Waals surface area contributed by atoms with E-state index in [0.29, 0.717) is 17.3 Å². The molecule has 0 spiro atoms. The number of alkyl halides is 3. The van der Waals surface area contributed by atoms with Crippen molar-refractivity contribution in [2.45, 2.75) is 19.3 Å². The van der Waals surface area contributed by atoms with Gasteiger partial charge in [-0.25, -0.2) is 0 Å². The molecule has 0 unspecified atom stereocenters. The summed E-state index contributed by atoms with van der Waals surface area (Å²) < 4.78 is 40.0. The maximum Gasteiger partial charge on any atom is 0.435 e. The van der Waals surface area contributed by atoms with Gasteiger partial charge in [0.25, 0.3) is 0 Å². The fourth-order valence-electron chi connectivity index (χ4n) is 2.26. The number of halogens is 4. The van der Waals surface area contributed by atoms with Gasteiger partial charge in [-0.3, -0.25) is 14.2 Å². The topological polar surface area (TPSA) is 64.7 Å². The van der Waals surface area contributed by atoms with Crippen LogP contribution in [-0.2, 0) is 24.1 Å². The molecule has 136 valence electrons.